The summed E-state index contributed by atoms with van der Waals surface area (Å²) in [6, 6.07) is 14.2. The molecule has 4 rings (SSSR count). The van der Waals surface area contributed by atoms with Gasteiger partial charge in [0.15, 0.2) is 0 Å². The second kappa shape index (κ2) is 8.98. The molecule has 1 aliphatic rings. The number of nitrogens with zero attached hydrogens (tertiary/aromatic N) is 3. The van der Waals surface area contributed by atoms with Gasteiger partial charge in [-0.15, -0.1) is 11.3 Å². The Labute approximate surface area is 175 Å². The van der Waals surface area contributed by atoms with E-state index in [2.05, 4.69) is 28.0 Å². The summed E-state index contributed by atoms with van der Waals surface area (Å²) >= 11 is 1.67. The summed E-state index contributed by atoms with van der Waals surface area (Å²) in [7, 11) is 1.73. The maximum Gasteiger partial charge on any atom is 0.142 e. The quantitative estimate of drug-likeness (QED) is 0.641. The summed E-state index contributed by atoms with van der Waals surface area (Å²) in [5.74, 6) is 1.81. The number of ether oxygens (including phenoxy) is 2. The van der Waals surface area contributed by atoms with E-state index in [1.54, 1.807) is 18.4 Å². The Morgan fingerprint density at radius 1 is 1.14 bits per heavy atom. The Kier molecular flexibility index (Phi) is 6.18. The van der Waals surface area contributed by atoms with Gasteiger partial charge >= 0.3 is 0 Å². The molecule has 154 valence electrons. The van der Waals surface area contributed by atoms with Gasteiger partial charge in [-0.05, 0) is 37.3 Å². The monoisotopic (exact) mass is 412 g/mol. The largest absolute Gasteiger partial charge is 0.495 e. The Morgan fingerprint density at radius 2 is 1.93 bits per heavy atom. The van der Waals surface area contributed by atoms with E-state index >= 15 is 0 Å². The van der Waals surface area contributed by atoms with E-state index in [0.717, 1.165) is 65.1 Å². The molecular formula is C22H28N4O2S. The van der Waals surface area contributed by atoms with Crippen molar-refractivity contribution in [3.05, 3.63) is 47.5 Å². The van der Waals surface area contributed by atoms with Crippen molar-refractivity contribution in [2.45, 2.75) is 13.0 Å². The summed E-state index contributed by atoms with van der Waals surface area (Å²) in [5, 5.41) is 0.987. The van der Waals surface area contributed by atoms with Crippen LogP contribution in [0.2, 0.25) is 0 Å². The van der Waals surface area contributed by atoms with Crippen LogP contribution in [0.3, 0.4) is 0 Å². The van der Waals surface area contributed by atoms with E-state index in [1.807, 2.05) is 31.2 Å². The predicted molar refractivity (Wildman–Crippen MR) is 119 cm³/mol. The normalized spacial score (nSPS) is 16.2. The zero-order valence-corrected chi connectivity index (χ0v) is 17.8. The number of piperazine rings is 1. The molecule has 1 atom stereocenters. The van der Waals surface area contributed by atoms with Crippen LogP contribution in [0, 0.1) is 0 Å². The molecule has 3 aromatic rings. The van der Waals surface area contributed by atoms with Crippen molar-refractivity contribution in [2.24, 2.45) is 5.73 Å². The lowest BCUT2D eigenvalue weighted by molar-refractivity contribution is 0.242. The van der Waals surface area contributed by atoms with Crippen LogP contribution in [0.1, 0.15) is 18.0 Å². The van der Waals surface area contributed by atoms with E-state index in [4.69, 9.17) is 20.2 Å². The number of methoxy groups -OCH3 is 1. The maximum atomic E-state index is 6.52. The molecular weight excluding hydrogens is 384 g/mol. The molecule has 2 aromatic carbocycles. The molecule has 0 radical (unpaired) electrons. The van der Waals surface area contributed by atoms with Gasteiger partial charge in [-0.3, -0.25) is 4.90 Å². The number of anilines is 1. The third-order valence-electron chi connectivity index (χ3n) is 5.26. The summed E-state index contributed by atoms with van der Waals surface area (Å²) in [5.41, 5.74) is 8.67. The molecule has 2 N–H and O–H groups in total. The van der Waals surface area contributed by atoms with Crippen LogP contribution >= 0.6 is 11.3 Å². The fraction of sp³-hybridized carbons (Fsp3) is 0.409. The predicted octanol–water partition coefficient (Wildman–Crippen LogP) is 3.53. The molecule has 1 unspecified atom stereocenters. The number of fused-ring (bicyclic) bond motifs is 1. The third-order valence-corrected chi connectivity index (χ3v) is 6.41. The number of aromatic nitrogens is 1. The lowest BCUT2D eigenvalue weighted by Gasteiger charge is -2.37. The van der Waals surface area contributed by atoms with Crippen molar-refractivity contribution < 1.29 is 9.47 Å². The SMILES string of the molecule is CCOc1ccc2nc(C(N)CN3CCN(c4ccccc4OC)CC3)sc2c1. The van der Waals surface area contributed by atoms with Crippen molar-refractivity contribution in [1.82, 2.24) is 9.88 Å². The fourth-order valence-corrected chi connectivity index (χ4v) is 4.74. The molecule has 1 saturated heterocycles. The van der Waals surface area contributed by atoms with Gasteiger partial charge in [0.2, 0.25) is 0 Å². The highest BCUT2D eigenvalue weighted by atomic mass is 32.1. The van der Waals surface area contributed by atoms with Crippen LogP contribution in [0.5, 0.6) is 11.5 Å². The number of hydrogen-bond donors (Lipinski definition) is 1. The van der Waals surface area contributed by atoms with E-state index in [9.17, 15) is 0 Å². The van der Waals surface area contributed by atoms with Gasteiger partial charge in [-0.25, -0.2) is 4.98 Å². The Morgan fingerprint density at radius 3 is 2.69 bits per heavy atom. The molecule has 6 nitrogen and oxygen atoms in total. The summed E-state index contributed by atoms with van der Waals surface area (Å²) in [4.78, 5) is 9.56. The minimum atomic E-state index is -0.0826. The molecule has 0 bridgehead atoms. The molecule has 1 fully saturated rings. The first kappa shape index (κ1) is 19.9. The lowest BCUT2D eigenvalue weighted by atomic mass is 10.2. The second-order valence-electron chi connectivity index (χ2n) is 7.18. The number of rotatable bonds is 7. The molecule has 1 aliphatic heterocycles. The zero-order chi connectivity index (χ0) is 20.2. The Balaban J connectivity index is 1.37. The maximum absolute atomic E-state index is 6.52. The van der Waals surface area contributed by atoms with Gasteiger partial charge in [0.1, 0.15) is 16.5 Å². The summed E-state index contributed by atoms with van der Waals surface area (Å²) < 4.78 is 12.2. The van der Waals surface area contributed by atoms with Gasteiger partial charge < -0.3 is 20.1 Å². The van der Waals surface area contributed by atoms with Crippen LogP contribution in [-0.4, -0.2) is 56.3 Å². The first-order valence-corrected chi connectivity index (χ1v) is 10.9. The molecule has 7 heteroatoms. The number of hydrogen-bond acceptors (Lipinski definition) is 7. The Bertz CT molecular complexity index is 953. The highest BCUT2D eigenvalue weighted by Gasteiger charge is 2.22. The van der Waals surface area contributed by atoms with Gasteiger partial charge in [-0.2, -0.15) is 0 Å². The van der Waals surface area contributed by atoms with Crippen molar-refractivity contribution in [1.29, 1.82) is 0 Å². The van der Waals surface area contributed by atoms with Gasteiger partial charge in [0.25, 0.3) is 0 Å². The van der Waals surface area contributed by atoms with Gasteiger partial charge in [-0.1, -0.05) is 12.1 Å². The molecule has 29 heavy (non-hydrogen) atoms. The highest BCUT2D eigenvalue weighted by molar-refractivity contribution is 7.18. The third kappa shape index (κ3) is 4.47. The minimum absolute atomic E-state index is 0.0826. The number of thiazole rings is 1. The van der Waals surface area contributed by atoms with Crippen molar-refractivity contribution in [3.8, 4) is 11.5 Å². The first-order chi connectivity index (χ1) is 14.2. The van der Waals surface area contributed by atoms with Crippen molar-refractivity contribution in [2.75, 3.05) is 51.3 Å². The second-order valence-corrected chi connectivity index (χ2v) is 8.24. The topological polar surface area (TPSA) is 63.9 Å². The zero-order valence-electron chi connectivity index (χ0n) is 17.0. The van der Waals surface area contributed by atoms with Crippen molar-refractivity contribution in [3.63, 3.8) is 0 Å². The van der Waals surface area contributed by atoms with E-state index < -0.39 is 0 Å². The lowest BCUT2D eigenvalue weighted by Crippen LogP contribution is -2.48. The molecule has 0 saturated carbocycles. The van der Waals surface area contributed by atoms with Crippen LogP contribution in [-0.2, 0) is 0 Å². The highest BCUT2D eigenvalue weighted by Crippen LogP contribution is 2.30. The molecule has 0 aliphatic carbocycles. The molecule has 0 spiro atoms. The van der Waals surface area contributed by atoms with Crippen LogP contribution in [0.15, 0.2) is 42.5 Å². The van der Waals surface area contributed by atoms with Gasteiger partial charge in [0, 0.05) is 32.7 Å². The number of benzene rings is 2. The molecule has 1 aromatic heterocycles. The van der Waals surface area contributed by atoms with E-state index in [0.29, 0.717) is 6.61 Å². The van der Waals surface area contributed by atoms with Crippen molar-refractivity contribution >= 4 is 27.2 Å². The smallest absolute Gasteiger partial charge is 0.142 e. The molecule has 0 amide bonds. The molecule has 2 heterocycles. The standard InChI is InChI=1S/C22H28N4O2S/c1-3-28-16-8-9-18-21(14-16)29-22(24-18)17(23)15-25-10-12-26(13-11-25)19-6-4-5-7-20(19)27-2/h4-9,14,17H,3,10-13,15,23H2,1-2H3. The van der Waals surface area contributed by atoms with E-state index in [-0.39, 0.29) is 6.04 Å². The average molecular weight is 413 g/mol. The minimum Gasteiger partial charge on any atom is -0.495 e. The Hall–Kier alpha value is -2.35. The van der Waals surface area contributed by atoms with Crippen LogP contribution in [0.4, 0.5) is 5.69 Å². The fourth-order valence-electron chi connectivity index (χ4n) is 3.76. The van der Waals surface area contributed by atoms with Gasteiger partial charge in [0.05, 0.1) is 35.7 Å². The van der Waals surface area contributed by atoms with E-state index in [1.165, 1.54) is 0 Å². The summed E-state index contributed by atoms with van der Waals surface area (Å²) in [6.07, 6.45) is 0. The summed E-state index contributed by atoms with van der Waals surface area (Å²) in [6.45, 7) is 7.35. The number of para-hydroxylation sites is 2. The first-order valence-electron chi connectivity index (χ1n) is 10.1. The number of nitrogens with two attached hydrogens (primary N) is 1. The van der Waals surface area contributed by atoms with Crippen LogP contribution in [0.25, 0.3) is 10.2 Å². The van der Waals surface area contributed by atoms with Crippen LogP contribution < -0.4 is 20.1 Å². The average Bonchev–Trinajstić information content (AvgIpc) is 3.18.